The van der Waals surface area contributed by atoms with Crippen molar-refractivity contribution in [1.82, 2.24) is 15.2 Å². The summed E-state index contributed by atoms with van der Waals surface area (Å²) < 4.78 is 0. The van der Waals surface area contributed by atoms with E-state index < -0.39 is 0 Å². The molecule has 2 aromatic heterocycles. The number of fused-ring (bicyclic) bond motifs is 4. The summed E-state index contributed by atoms with van der Waals surface area (Å²) in [6.45, 7) is 3.41. The Morgan fingerprint density at radius 2 is 2.25 bits per heavy atom. The molecular formula is C15H17N3OS. The van der Waals surface area contributed by atoms with Crippen LogP contribution in [0.4, 0.5) is 0 Å². The van der Waals surface area contributed by atoms with Crippen LogP contribution < -0.4 is 5.32 Å². The number of hydrogen-bond donors (Lipinski definition) is 1. The van der Waals surface area contributed by atoms with Crippen LogP contribution >= 0.6 is 11.3 Å². The molecule has 3 saturated heterocycles. The first-order valence-electron chi connectivity index (χ1n) is 7.17. The van der Waals surface area contributed by atoms with Gasteiger partial charge in [-0.2, -0.15) is 0 Å². The quantitative estimate of drug-likeness (QED) is 0.920. The SMILES string of the molecule is O=C(NC1CN2CCC1CC2)c1cc2cccnc2s1. The van der Waals surface area contributed by atoms with Gasteiger partial charge < -0.3 is 10.2 Å². The van der Waals surface area contributed by atoms with E-state index in [1.165, 1.54) is 37.3 Å². The zero-order chi connectivity index (χ0) is 13.5. The van der Waals surface area contributed by atoms with Gasteiger partial charge in [-0.1, -0.05) is 6.07 Å². The number of nitrogens with one attached hydrogen (secondary N) is 1. The Kier molecular flexibility index (Phi) is 2.97. The van der Waals surface area contributed by atoms with Gasteiger partial charge in [-0.15, -0.1) is 11.3 Å². The van der Waals surface area contributed by atoms with Crippen LogP contribution in [0.2, 0.25) is 0 Å². The molecule has 104 valence electrons. The zero-order valence-corrected chi connectivity index (χ0v) is 12.0. The molecule has 2 bridgehead atoms. The van der Waals surface area contributed by atoms with Crippen molar-refractivity contribution >= 4 is 27.5 Å². The molecule has 1 atom stereocenters. The summed E-state index contributed by atoms with van der Waals surface area (Å²) in [4.78, 5) is 20.9. The minimum atomic E-state index is 0.0618. The second kappa shape index (κ2) is 4.82. The highest BCUT2D eigenvalue weighted by Gasteiger charge is 2.35. The Hall–Kier alpha value is -1.46. The lowest BCUT2D eigenvalue weighted by Crippen LogP contribution is -2.57. The molecule has 0 aliphatic carbocycles. The monoisotopic (exact) mass is 287 g/mol. The largest absolute Gasteiger partial charge is 0.347 e. The van der Waals surface area contributed by atoms with Crippen LogP contribution in [-0.4, -0.2) is 41.5 Å². The standard InChI is InChI=1S/C15H17N3OS/c19-14(13-8-11-2-1-5-16-15(11)20-13)17-12-9-18-6-3-10(12)4-7-18/h1-2,5,8,10,12H,3-4,6-7,9H2,(H,17,19). The maximum Gasteiger partial charge on any atom is 0.261 e. The Labute approximate surface area is 121 Å². The molecule has 1 amide bonds. The summed E-state index contributed by atoms with van der Waals surface area (Å²) in [6, 6.07) is 6.18. The van der Waals surface area contributed by atoms with Crippen LogP contribution in [0.15, 0.2) is 24.4 Å². The average Bonchev–Trinajstić information content (AvgIpc) is 2.92. The minimum absolute atomic E-state index is 0.0618. The van der Waals surface area contributed by atoms with Gasteiger partial charge >= 0.3 is 0 Å². The molecule has 0 spiro atoms. The van der Waals surface area contributed by atoms with E-state index in [1.807, 2.05) is 18.2 Å². The summed E-state index contributed by atoms with van der Waals surface area (Å²) >= 11 is 1.48. The zero-order valence-electron chi connectivity index (χ0n) is 11.2. The first-order chi connectivity index (χ1) is 9.79. The van der Waals surface area contributed by atoms with Crippen LogP contribution in [0.1, 0.15) is 22.5 Å². The first kappa shape index (κ1) is 12.3. The van der Waals surface area contributed by atoms with Crippen molar-refractivity contribution in [3.05, 3.63) is 29.3 Å². The van der Waals surface area contributed by atoms with Gasteiger partial charge in [-0.3, -0.25) is 4.79 Å². The first-order valence-corrected chi connectivity index (χ1v) is 7.99. The van der Waals surface area contributed by atoms with Gasteiger partial charge in [0, 0.05) is 24.2 Å². The fourth-order valence-corrected chi connectivity index (χ4v) is 4.26. The van der Waals surface area contributed by atoms with Crippen molar-refractivity contribution < 1.29 is 4.79 Å². The maximum atomic E-state index is 12.4. The van der Waals surface area contributed by atoms with E-state index in [-0.39, 0.29) is 5.91 Å². The lowest BCUT2D eigenvalue weighted by Gasteiger charge is -2.44. The fraction of sp³-hybridized carbons (Fsp3) is 0.467. The molecule has 3 aliphatic rings. The predicted molar refractivity (Wildman–Crippen MR) is 80.0 cm³/mol. The van der Waals surface area contributed by atoms with E-state index in [0.29, 0.717) is 12.0 Å². The molecule has 1 unspecified atom stereocenters. The molecule has 3 aliphatic heterocycles. The van der Waals surface area contributed by atoms with Crippen molar-refractivity contribution in [3.8, 4) is 0 Å². The van der Waals surface area contributed by atoms with Gasteiger partial charge in [0.25, 0.3) is 5.91 Å². The number of aromatic nitrogens is 1. The molecule has 5 heteroatoms. The summed E-state index contributed by atoms with van der Waals surface area (Å²) in [5, 5.41) is 4.28. The number of thiophene rings is 1. The predicted octanol–water partition coefficient (Wildman–Crippen LogP) is 2.12. The molecule has 0 saturated carbocycles. The number of rotatable bonds is 2. The topological polar surface area (TPSA) is 45.2 Å². The van der Waals surface area contributed by atoms with Crippen molar-refractivity contribution in [3.63, 3.8) is 0 Å². The van der Waals surface area contributed by atoms with E-state index in [2.05, 4.69) is 15.2 Å². The van der Waals surface area contributed by atoms with E-state index in [4.69, 9.17) is 0 Å². The van der Waals surface area contributed by atoms with Gasteiger partial charge in [0.1, 0.15) is 4.83 Å². The van der Waals surface area contributed by atoms with Gasteiger partial charge in [0.15, 0.2) is 0 Å². The highest BCUT2D eigenvalue weighted by Crippen LogP contribution is 2.28. The third kappa shape index (κ3) is 2.11. The number of nitrogens with zero attached hydrogens (tertiary/aromatic N) is 2. The maximum absolute atomic E-state index is 12.4. The molecule has 3 fully saturated rings. The molecule has 5 heterocycles. The molecule has 4 nitrogen and oxygen atoms in total. The third-order valence-electron chi connectivity index (χ3n) is 4.49. The lowest BCUT2D eigenvalue weighted by atomic mass is 9.84. The Balaban J connectivity index is 1.52. The molecule has 0 aromatic carbocycles. The van der Waals surface area contributed by atoms with Crippen LogP contribution in [0.25, 0.3) is 10.2 Å². The Bertz CT molecular complexity index is 612. The number of piperidine rings is 3. The smallest absolute Gasteiger partial charge is 0.261 e. The lowest BCUT2D eigenvalue weighted by molar-refractivity contribution is 0.0622. The second-order valence-corrected chi connectivity index (χ2v) is 6.76. The second-order valence-electron chi connectivity index (χ2n) is 5.73. The number of pyridine rings is 1. The summed E-state index contributed by atoms with van der Waals surface area (Å²) in [5.74, 6) is 0.725. The van der Waals surface area contributed by atoms with E-state index in [9.17, 15) is 4.79 Å². The third-order valence-corrected chi connectivity index (χ3v) is 5.55. The van der Waals surface area contributed by atoms with Crippen LogP contribution in [0.3, 0.4) is 0 Å². The Morgan fingerprint density at radius 3 is 2.95 bits per heavy atom. The van der Waals surface area contributed by atoms with E-state index >= 15 is 0 Å². The number of carbonyl (C=O) groups excluding carboxylic acids is 1. The summed E-state index contributed by atoms with van der Waals surface area (Å²) in [7, 11) is 0. The minimum Gasteiger partial charge on any atom is -0.347 e. The molecule has 5 rings (SSSR count). The van der Waals surface area contributed by atoms with Crippen molar-refractivity contribution in [2.45, 2.75) is 18.9 Å². The van der Waals surface area contributed by atoms with Crippen LogP contribution in [-0.2, 0) is 0 Å². The van der Waals surface area contributed by atoms with Crippen molar-refractivity contribution in [2.75, 3.05) is 19.6 Å². The molecule has 2 aromatic rings. The van der Waals surface area contributed by atoms with E-state index in [0.717, 1.165) is 21.6 Å². The van der Waals surface area contributed by atoms with Gasteiger partial charge in [-0.25, -0.2) is 4.98 Å². The van der Waals surface area contributed by atoms with Gasteiger partial charge in [0.05, 0.1) is 4.88 Å². The number of carbonyl (C=O) groups is 1. The van der Waals surface area contributed by atoms with Crippen molar-refractivity contribution in [2.24, 2.45) is 5.92 Å². The number of hydrogen-bond acceptors (Lipinski definition) is 4. The highest BCUT2D eigenvalue weighted by molar-refractivity contribution is 7.20. The average molecular weight is 287 g/mol. The van der Waals surface area contributed by atoms with Gasteiger partial charge in [-0.05, 0) is 44.0 Å². The van der Waals surface area contributed by atoms with Crippen LogP contribution in [0, 0.1) is 5.92 Å². The summed E-state index contributed by atoms with van der Waals surface area (Å²) in [5.41, 5.74) is 0. The Morgan fingerprint density at radius 1 is 1.40 bits per heavy atom. The normalized spacial score (nSPS) is 28.7. The molecule has 20 heavy (non-hydrogen) atoms. The molecule has 0 radical (unpaired) electrons. The highest BCUT2D eigenvalue weighted by atomic mass is 32.1. The summed E-state index contributed by atoms with van der Waals surface area (Å²) in [6.07, 6.45) is 4.21. The van der Waals surface area contributed by atoms with Crippen LogP contribution in [0.5, 0.6) is 0 Å². The fourth-order valence-electron chi connectivity index (χ4n) is 3.35. The molecule has 1 N–H and O–H groups in total. The molecular weight excluding hydrogens is 270 g/mol. The number of amides is 1. The van der Waals surface area contributed by atoms with Crippen molar-refractivity contribution in [1.29, 1.82) is 0 Å². The van der Waals surface area contributed by atoms with Gasteiger partial charge in [0.2, 0.25) is 0 Å². The van der Waals surface area contributed by atoms with E-state index in [1.54, 1.807) is 6.20 Å².